The van der Waals surface area contributed by atoms with E-state index >= 15 is 0 Å². The van der Waals surface area contributed by atoms with Gasteiger partial charge in [-0.15, -0.1) is 11.6 Å². The van der Waals surface area contributed by atoms with Gasteiger partial charge in [-0.1, -0.05) is 15.9 Å². The second kappa shape index (κ2) is 6.76. The first-order chi connectivity index (χ1) is 9.06. The minimum atomic E-state index is 0.0172. The fourth-order valence-electron chi connectivity index (χ4n) is 2.45. The fourth-order valence-corrected chi connectivity index (χ4v) is 2.95. The summed E-state index contributed by atoms with van der Waals surface area (Å²) in [7, 11) is 0. The minimum absolute atomic E-state index is 0.0172. The monoisotopic (exact) mass is 343 g/mol. The van der Waals surface area contributed by atoms with Crippen molar-refractivity contribution in [2.75, 3.05) is 6.54 Å². The largest absolute Gasteiger partial charge is 0.352 e. The van der Waals surface area contributed by atoms with Crippen LogP contribution in [0.3, 0.4) is 0 Å². The molecule has 0 spiro atoms. The second-order valence-electron chi connectivity index (χ2n) is 5.29. The Hall–Kier alpha value is -0.540. The summed E-state index contributed by atoms with van der Waals surface area (Å²) in [6.45, 7) is 2.75. The van der Waals surface area contributed by atoms with E-state index in [4.69, 9.17) is 11.6 Å². The lowest BCUT2D eigenvalue weighted by atomic mass is 9.89. The van der Waals surface area contributed by atoms with Gasteiger partial charge in [0.05, 0.1) is 0 Å². The first-order valence-electron chi connectivity index (χ1n) is 6.74. The van der Waals surface area contributed by atoms with Crippen molar-refractivity contribution >= 4 is 33.4 Å². The quantitative estimate of drug-likeness (QED) is 0.815. The summed E-state index contributed by atoms with van der Waals surface area (Å²) in [6.07, 6.45) is 4.38. The van der Waals surface area contributed by atoms with Gasteiger partial charge in [-0.05, 0) is 62.3 Å². The Bertz CT molecular complexity index is 455. The van der Waals surface area contributed by atoms with E-state index < -0.39 is 0 Å². The maximum absolute atomic E-state index is 12.1. The minimum Gasteiger partial charge on any atom is -0.352 e. The number of carbonyl (C=O) groups is 1. The van der Waals surface area contributed by atoms with Crippen LogP contribution in [-0.4, -0.2) is 17.8 Å². The van der Waals surface area contributed by atoms with Crippen LogP contribution in [0.25, 0.3) is 0 Å². The summed E-state index contributed by atoms with van der Waals surface area (Å²) in [5, 5.41) is 3.37. The number of carbonyl (C=O) groups excluding carboxylic acids is 1. The van der Waals surface area contributed by atoms with Crippen LogP contribution in [0.4, 0.5) is 0 Å². The van der Waals surface area contributed by atoms with E-state index in [1.807, 2.05) is 25.1 Å². The molecule has 2 rings (SSSR count). The predicted molar refractivity (Wildman–Crippen MR) is 82.8 cm³/mol. The lowest BCUT2D eigenvalue weighted by Crippen LogP contribution is -2.31. The van der Waals surface area contributed by atoms with Crippen molar-refractivity contribution in [2.24, 2.45) is 5.92 Å². The third-order valence-corrected chi connectivity index (χ3v) is 5.07. The molecular formula is C15H19BrClNO. The van der Waals surface area contributed by atoms with Gasteiger partial charge in [0, 0.05) is 22.0 Å². The molecule has 2 nitrogen and oxygen atoms in total. The zero-order chi connectivity index (χ0) is 13.8. The van der Waals surface area contributed by atoms with Gasteiger partial charge >= 0.3 is 0 Å². The van der Waals surface area contributed by atoms with E-state index in [0.29, 0.717) is 11.3 Å². The van der Waals surface area contributed by atoms with E-state index in [-0.39, 0.29) is 5.91 Å². The normalized spacial score (nSPS) is 23.1. The van der Waals surface area contributed by atoms with Crippen molar-refractivity contribution in [1.29, 1.82) is 0 Å². The molecular weight excluding hydrogens is 326 g/mol. The maximum Gasteiger partial charge on any atom is 0.251 e. The molecule has 1 aliphatic carbocycles. The molecule has 1 N–H and O–H groups in total. The maximum atomic E-state index is 12.1. The third kappa shape index (κ3) is 4.22. The summed E-state index contributed by atoms with van der Waals surface area (Å²) in [5.74, 6) is 0.596. The number of nitrogens with one attached hydrogen (secondary N) is 1. The van der Waals surface area contributed by atoms with E-state index in [1.54, 1.807) is 0 Å². The van der Waals surface area contributed by atoms with Crippen LogP contribution in [0.1, 0.15) is 41.6 Å². The number of halogens is 2. The van der Waals surface area contributed by atoms with Crippen LogP contribution in [0.2, 0.25) is 0 Å². The molecule has 0 bridgehead atoms. The SMILES string of the molecule is Cc1cc(C(=O)NCC2CCC(Cl)CC2)ccc1Br. The molecule has 1 aromatic carbocycles. The van der Waals surface area contributed by atoms with Crippen LogP contribution < -0.4 is 5.32 Å². The molecule has 0 radical (unpaired) electrons. The highest BCUT2D eigenvalue weighted by Crippen LogP contribution is 2.27. The van der Waals surface area contributed by atoms with Crippen molar-refractivity contribution in [3.63, 3.8) is 0 Å². The summed E-state index contributed by atoms with van der Waals surface area (Å²) < 4.78 is 1.03. The Morgan fingerprint density at radius 3 is 2.68 bits per heavy atom. The Kier molecular flexibility index (Phi) is 5.28. The molecule has 1 aliphatic rings. The van der Waals surface area contributed by atoms with Crippen LogP contribution >= 0.6 is 27.5 Å². The van der Waals surface area contributed by atoms with Crippen molar-refractivity contribution in [2.45, 2.75) is 38.0 Å². The molecule has 1 saturated carbocycles. The van der Waals surface area contributed by atoms with Crippen LogP contribution in [0, 0.1) is 12.8 Å². The summed E-state index contributed by atoms with van der Waals surface area (Å²) in [6, 6.07) is 5.68. The first-order valence-corrected chi connectivity index (χ1v) is 7.97. The van der Waals surface area contributed by atoms with Crippen LogP contribution in [-0.2, 0) is 0 Å². The molecule has 0 aliphatic heterocycles. The van der Waals surface area contributed by atoms with Gasteiger partial charge in [0.25, 0.3) is 5.91 Å². The molecule has 1 amide bonds. The van der Waals surface area contributed by atoms with Crippen molar-refractivity contribution < 1.29 is 4.79 Å². The zero-order valence-corrected chi connectivity index (χ0v) is 13.4. The van der Waals surface area contributed by atoms with Crippen LogP contribution in [0.5, 0.6) is 0 Å². The Balaban J connectivity index is 1.85. The topological polar surface area (TPSA) is 29.1 Å². The third-order valence-electron chi connectivity index (χ3n) is 3.75. The zero-order valence-electron chi connectivity index (χ0n) is 11.1. The number of aryl methyl sites for hydroxylation is 1. The summed E-state index contributed by atoms with van der Waals surface area (Å²) >= 11 is 9.52. The van der Waals surface area contributed by atoms with E-state index in [0.717, 1.165) is 47.8 Å². The fraction of sp³-hybridized carbons (Fsp3) is 0.533. The predicted octanol–water partition coefficient (Wildman–Crippen LogP) is 4.28. The van der Waals surface area contributed by atoms with Crippen molar-refractivity contribution in [3.05, 3.63) is 33.8 Å². The highest BCUT2D eigenvalue weighted by atomic mass is 79.9. The van der Waals surface area contributed by atoms with Gasteiger partial charge in [-0.3, -0.25) is 4.79 Å². The van der Waals surface area contributed by atoms with Gasteiger partial charge < -0.3 is 5.32 Å². The van der Waals surface area contributed by atoms with Gasteiger partial charge in [-0.25, -0.2) is 0 Å². The van der Waals surface area contributed by atoms with Gasteiger partial charge in [0.15, 0.2) is 0 Å². The van der Waals surface area contributed by atoms with Gasteiger partial charge in [0.2, 0.25) is 0 Å². The molecule has 0 heterocycles. The van der Waals surface area contributed by atoms with Crippen molar-refractivity contribution in [1.82, 2.24) is 5.32 Å². The average Bonchev–Trinajstić information content (AvgIpc) is 2.41. The number of rotatable bonds is 3. The first kappa shape index (κ1) is 14.9. The Morgan fingerprint density at radius 1 is 1.37 bits per heavy atom. The second-order valence-corrected chi connectivity index (χ2v) is 6.76. The van der Waals surface area contributed by atoms with E-state index in [9.17, 15) is 4.79 Å². The molecule has 0 saturated heterocycles. The van der Waals surface area contributed by atoms with Gasteiger partial charge in [-0.2, -0.15) is 0 Å². The highest BCUT2D eigenvalue weighted by molar-refractivity contribution is 9.10. The lowest BCUT2D eigenvalue weighted by molar-refractivity contribution is 0.0943. The molecule has 4 heteroatoms. The number of benzene rings is 1. The van der Waals surface area contributed by atoms with E-state index in [1.165, 1.54) is 0 Å². The van der Waals surface area contributed by atoms with Crippen LogP contribution in [0.15, 0.2) is 22.7 Å². The number of hydrogen-bond donors (Lipinski definition) is 1. The molecule has 19 heavy (non-hydrogen) atoms. The molecule has 104 valence electrons. The molecule has 0 atom stereocenters. The molecule has 1 aromatic rings. The highest BCUT2D eigenvalue weighted by Gasteiger charge is 2.20. The molecule has 0 unspecified atom stereocenters. The van der Waals surface area contributed by atoms with E-state index in [2.05, 4.69) is 21.2 Å². The number of amides is 1. The number of hydrogen-bond acceptors (Lipinski definition) is 1. The molecule has 1 fully saturated rings. The number of alkyl halides is 1. The standard InChI is InChI=1S/C15H19BrClNO/c1-10-8-12(4-7-14(10)16)15(19)18-9-11-2-5-13(17)6-3-11/h4,7-8,11,13H,2-3,5-6,9H2,1H3,(H,18,19). The van der Waals surface area contributed by atoms with Gasteiger partial charge in [0.1, 0.15) is 0 Å². The van der Waals surface area contributed by atoms with Crippen molar-refractivity contribution in [3.8, 4) is 0 Å². The summed E-state index contributed by atoms with van der Waals surface area (Å²) in [5.41, 5.74) is 1.81. The Labute approximate surface area is 128 Å². The summed E-state index contributed by atoms with van der Waals surface area (Å²) in [4.78, 5) is 12.1. The molecule has 0 aromatic heterocycles. The lowest BCUT2D eigenvalue weighted by Gasteiger charge is -2.25. The smallest absolute Gasteiger partial charge is 0.251 e. The Morgan fingerprint density at radius 2 is 2.05 bits per heavy atom. The average molecular weight is 345 g/mol.